The van der Waals surface area contributed by atoms with E-state index in [0.717, 1.165) is 26.1 Å². The van der Waals surface area contributed by atoms with Crippen LogP contribution in [-0.4, -0.2) is 30.6 Å². The molecule has 100 valence electrons. The van der Waals surface area contributed by atoms with Crippen LogP contribution < -0.4 is 0 Å². The molecule has 1 saturated heterocycles. The van der Waals surface area contributed by atoms with Gasteiger partial charge >= 0.3 is 0 Å². The number of hydrogen-bond donors (Lipinski definition) is 0. The fourth-order valence-corrected chi connectivity index (χ4v) is 2.63. The van der Waals surface area contributed by atoms with Crippen LogP contribution in [0.15, 0.2) is 18.2 Å². The number of ether oxygens (including phenoxy) is 1. The van der Waals surface area contributed by atoms with Crippen LogP contribution in [0.4, 0.5) is 0 Å². The molecule has 1 fully saturated rings. The van der Waals surface area contributed by atoms with Crippen LogP contribution in [0.25, 0.3) is 0 Å². The molecule has 0 unspecified atom stereocenters. The van der Waals surface area contributed by atoms with Crippen LogP contribution in [0.2, 0.25) is 0 Å². The van der Waals surface area contributed by atoms with E-state index in [9.17, 15) is 0 Å². The first kappa shape index (κ1) is 13.6. The molecule has 1 aromatic carbocycles. The number of aryl methyl sites for hydroxylation is 2. The van der Waals surface area contributed by atoms with Gasteiger partial charge in [0.05, 0.1) is 12.7 Å². The van der Waals surface area contributed by atoms with Gasteiger partial charge in [-0.15, -0.1) is 0 Å². The molecule has 0 amide bonds. The maximum atomic E-state index is 6.02. The van der Waals surface area contributed by atoms with Gasteiger partial charge in [0, 0.05) is 13.1 Å². The van der Waals surface area contributed by atoms with Crippen molar-refractivity contribution >= 4 is 0 Å². The van der Waals surface area contributed by atoms with Crippen molar-refractivity contribution in [1.82, 2.24) is 4.90 Å². The third kappa shape index (κ3) is 3.33. The summed E-state index contributed by atoms with van der Waals surface area (Å²) in [6, 6.07) is 6.70. The maximum Gasteiger partial charge on any atom is 0.0721 e. The molecule has 2 rings (SSSR count). The highest BCUT2D eigenvalue weighted by atomic mass is 16.5. The van der Waals surface area contributed by atoms with Crippen molar-refractivity contribution in [3.8, 4) is 0 Å². The zero-order valence-corrected chi connectivity index (χ0v) is 11.9. The molecule has 2 nitrogen and oxygen atoms in total. The smallest absolute Gasteiger partial charge is 0.0721 e. The van der Waals surface area contributed by atoms with Gasteiger partial charge in [0.2, 0.25) is 0 Å². The van der Waals surface area contributed by atoms with Crippen molar-refractivity contribution in [2.45, 2.75) is 46.3 Å². The van der Waals surface area contributed by atoms with Gasteiger partial charge in [-0.25, -0.2) is 0 Å². The predicted octanol–water partition coefficient (Wildman–Crippen LogP) is 3.17. The molecule has 0 saturated carbocycles. The zero-order valence-electron chi connectivity index (χ0n) is 11.9. The van der Waals surface area contributed by atoms with Crippen LogP contribution >= 0.6 is 0 Å². The van der Waals surface area contributed by atoms with E-state index in [0.29, 0.717) is 6.10 Å². The highest BCUT2D eigenvalue weighted by Crippen LogP contribution is 2.16. The average Bonchev–Trinajstić information content (AvgIpc) is 2.86. The number of likely N-dealkylation sites (N-methyl/N-ethyl adjacent to an activating group) is 1. The maximum absolute atomic E-state index is 6.02. The first-order valence-electron chi connectivity index (χ1n) is 7.15. The highest BCUT2D eigenvalue weighted by molar-refractivity contribution is 5.30. The van der Waals surface area contributed by atoms with Crippen LogP contribution in [-0.2, 0) is 17.8 Å². The summed E-state index contributed by atoms with van der Waals surface area (Å²) in [5.74, 6) is 0. The zero-order chi connectivity index (χ0) is 13.0. The Kier molecular flexibility index (Phi) is 4.79. The van der Waals surface area contributed by atoms with Crippen molar-refractivity contribution < 1.29 is 4.74 Å². The summed E-state index contributed by atoms with van der Waals surface area (Å²) in [5, 5.41) is 0. The summed E-state index contributed by atoms with van der Waals surface area (Å²) in [4.78, 5) is 2.46. The van der Waals surface area contributed by atoms with E-state index in [4.69, 9.17) is 4.74 Å². The monoisotopic (exact) mass is 247 g/mol. The third-order valence-electron chi connectivity index (χ3n) is 3.96. The first-order chi connectivity index (χ1) is 8.72. The van der Waals surface area contributed by atoms with E-state index in [1.165, 1.54) is 29.7 Å². The van der Waals surface area contributed by atoms with Gasteiger partial charge in [-0.3, -0.25) is 0 Å². The minimum Gasteiger partial charge on any atom is -0.372 e. The van der Waals surface area contributed by atoms with E-state index in [-0.39, 0.29) is 0 Å². The molecule has 1 aliphatic rings. The van der Waals surface area contributed by atoms with Gasteiger partial charge in [-0.2, -0.15) is 0 Å². The second kappa shape index (κ2) is 6.35. The summed E-state index contributed by atoms with van der Waals surface area (Å²) in [6.45, 7) is 10.8. The van der Waals surface area contributed by atoms with Gasteiger partial charge in [0.25, 0.3) is 0 Å². The van der Waals surface area contributed by atoms with Crippen LogP contribution in [0.5, 0.6) is 0 Å². The second-order valence-corrected chi connectivity index (χ2v) is 5.23. The third-order valence-corrected chi connectivity index (χ3v) is 3.96. The Labute approximate surface area is 111 Å². The van der Waals surface area contributed by atoms with E-state index in [1.54, 1.807) is 0 Å². The topological polar surface area (TPSA) is 12.5 Å². The van der Waals surface area contributed by atoms with Crippen molar-refractivity contribution in [2.24, 2.45) is 0 Å². The fraction of sp³-hybridized carbons (Fsp3) is 0.625. The molecule has 0 aromatic heterocycles. The molecular formula is C16H25NO. The molecule has 1 atom stereocenters. The summed E-state index contributed by atoms with van der Waals surface area (Å²) < 4.78 is 6.02. The molecule has 0 spiro atoms. The summed E-state index contributed by atoms with van der Waals surface area (Å²) in [6.07, 6.45) is 2.71. The van der Waals surface area contributed by atoms with Crippen molar-refractivity contribution in [3.05, 3.63) is 34.9 Å². The molecule has 2 heteroatoms. The molecule has 0 radical (unpaired) electrons. The quantitative estimate of drug-likeness (QED) is 0.792. The molecule has 18 heavy (non-hydrogen) atoms. The van der Waals surface area contributed by atoms with Gasteiger partial charge in [-0.1, -0.05) is 32.0 Å². The Morgan fingerprint density at radius 1 is 1.33 bits per heavy atom. The lowest BCUT2D eigenvalue weighted by Gasteiger charge is -2.14. The fourth-order valence-electron chi connectivity index (χ4n) is 2.63. The Morgan fingerprint density at radius 2 is 2.17 bits per heavy atom. The van der Waals surface area contributed by atoms with Gasteiger partial charge in [0.1, 0.15) is 0 Å². The minimum atomic E-state index is 0.427. The molecule has 0 N–H and O–H groups in total. The normalized spacial score (nSPS) is 20.5. The van der Waals surface area contributed by atoms with Crippen molar-refractivity contribution in [1.29, 1.82) is 0 Å². The lowest BCUT2D eigenvalue weighted by molar-refractivity contribution is 0.0470. The van der Waals surface area contributed by atoms with E-state index >= 15 is 0 Å². The Hall–Kier alpha value is -0.860. The Bertz CT molecular complexity index is 389. The van der Waals surface area contributed by atoms with Crippen LogP contribution in [0, 0.1) is 6.92 Å². The average molecular weight is 247 g/mol. The minimum absolute atomic E-state index is 0.427. The van der Waals surface area contributed by atoms with Gasteiger partial charge < -0.3 is 9.64 Å². The van der Waals surface area contributed by atoms with Gasteiger partial charge in [0.15, 0.2) is 0 Å². The number of likely N-dealkylation sites (tertiary alicyclic amines) is 1. The largest absolute Gasteiger partial charge is 0.372 e. The van der Waals surface area contributed by atoms with E-state index in [2.05, 4.69) is 43.9 Å². The van der Waals surface area contributed by atoms with Crippen LogP contribution in [0.3, 0.4) is 0 Å². The number of rotatable bonds is 5. The Morgan fingerprint density at radius 3 is 2.83 bits per heavy atom. The van der Waals surface area contributed by atoms with Crippen molar-refractivity contribution in [3.63, 3.8) is 0 Å². The molecule has 1 aliphatic heterocycles. The number of benzene rings is 1. The summed E-state index contributed by atoms with van der Waals surface area (Å²) >= 11 is 0. The molecule has 1 aromatic rings. The van der Waals surface area contributed by atoms with E-state index in [1.807, 2.05) is 0 Å². The number of hydrogen-bond acceptors (Lipinski definition) is 2. The summed E-state index contributed by atoms with van der Waals surface area (Å²) in [7, 11) is 0. The molecule has 0 aliphatic carbocycles. The highest BCUT2D eigenvalue weighted by Gasteiger charge is 2.21. The lowest BCUT2D eigenvalue weighted by atomic mass is 10.0. The lowest BCUT2D eigenvalue weighted by Crippen LogP contribution is -2.22. The second-order valence-electron chi connectivity index (χ2n) is 5.23. The van der Waals surface area contributed by atoms with Crippen molar-refractivity contribution in [2.75, 3.05) is 19.6 Å². The molecule has 1 heterocycles. The first-order valence-corrected chi connectivity index (χ1v) is 7.15. The Balaban J connectivity index is 1.87. The molecule has 0 bridgehead atoms. The van der Waals surface area contributed by atoms with Gasteiger partial charge in [-0.05, 0) is 43.0 Å². The SMILES string of the molecule is CCc1cc(CO[C@H]2CCN(CC)C2)ccc1C. The standard InChI is InChI=1S/C16H25NO/c1-4-15-10-14(7-6-13(15)3)12-18-16-8-9-17(5-2)11-16/h6-7,10,16H,4-5,8-9,11-12H2,1-3H3/t16-/m0/s1. The molecular weight excluding hydrogens is 222 g/mol. The van der Waals surface area contributed by atoms with Crippen LogP contribution in [0.1, 0.15) is 37.0 Å². The predicted molar refractivity (Wildman–Crippen MR) is 75.9 cm³/mol. The van der Waals surface area contributed by atoms with E-state index < -0.39 is 0 Å². The number of nitrogens with zero attached hydrogens (tertiary/aromatic N) is 1. The summed E-state index contributed by atoms with van der Waals surface area (Å²) in [5.41, 5.74) is 4.14.